The third-order valence-electron chi connectivity index (χ3n) is 4.45. The summed E-state index contributed by atoms with van der Waals surface area (Å²) < 4.78 is 0. The lowest BCUT2D eigenvalue weighted by Crippen LogP contribution is -2.39. The predicted octanol–water partition coefficient (Wildman–Crippen LogP) is 2.51. The van der Waals surface area contributed by atoms with Crippen LogP contribution in [0.2, 0.25) is 0 Å². The van der Waals surface area contributed by atoms with Crippen molar-refractivity contribution in [2.45, 2.75) is 32.1 Å². The first-order valence-corrected chi connectivity index (χ1v) is 7.69. The minimum Gasteiger partial charge on any atom is -0.399 e. The molecule has 0 unspecified atom stereocenters. The number of piperidine rings is 1. The van der Waals surface area contributed by atoms with Crippen molar-refractivity contribution in [2.24, 2.45) is 0 Å². The molecule has 1 fully saturated rings. The number of nitrogens with zero attached hydrogens (tertiary/aromatic N) is 2. The van der Waals surface area contributed by atoms with Crippen LogP contribution in [-0.4, -0.2) is 37.6 Å². The maximum Gasteiger partial charge on any atom is 0.0400 e. The highest BCUT2D eigenvalue weighted by Gasteiger charge is 2.18. The number of anilines is 2. The van der Waals surface area contributed by atoms with Crippen LogP contribution in [0.4, 0.5) is 11.4 Å². The van der Waals surface area contributed by atoms with Gasteiger partial charge in [-0.1, -0.05) is 6.42 Å². The molecule has 3 rings (SSSR count). The molecule has 1 saturated heterocycles. The fraction of sp³-hybridized carbons (Fsp3) is 0.625. The van der Waals surface area contributed by atoms with E-state index in [1.165, 1.54) is 69.5 Å². The first kappa shape index (κ1) is 12.8. The van der Waals surface area contributed by atoms with E-state index >= 15 is 0 Å². The summed E-state index contributed by atoms with van der Waals surface area (Å²) in [5, 5.41) is 0. The van der Waals surface area contributed by atoms with Crippen LogP contribution in [0.25, 0.3) is 0 Å². The topological polar surface area (TPSA) is 32.5 Å². The summed E-state index contributed by atoms with van der Waals surface area (Å²) >= 11 is 0. The zero-order valence-electron chi connectivity index (χ0n) is 11.8. The highest BCUT2D eigenvalue weighted by Crippen LogP contribution is 2.28. The highest BCUT2D eigenvalue weighted by molar-refractivity contribution is 5.61. The van der Waals surface area contributed by atoms with Crippen LogP contribution in [0.1, 0.15) is 31.2 Å². The van der Waals surface area contributed by atoms with Gasteiger partial charge in [0.1, 0.15) is 0 Å². The van der Waals surface area contributed by atoms with E-state index in [2.05, 4.69) is 21.9 Å². The Morgan fingerprint density at radius 1 is 0.947 bits per heavy atom. The minimum atomic E-state index is 0.900. The number of hydrogen-bond donors (Lipinski definition) is 1. The number of likely N-dealkylation sites (tertiary alicyclic amines) is 1. The Balaban J connectivity index is 1.63. The van der Waals surface area contributed by atoms with Gasteiger partial charge in [0.15, 0.2) is 0 Å². The van der Waals surface area contributed by atoms with Gasteiger partial charge in [-0.15, -0.1) is 0 Å². The molecule has 2 aliphatic rings. The van der Waals surface area contributed by atoms with E-state index in [0.717, 1.165) is 12.2 Å². The summed E-state index contributed by atoms with van der Waals surface area (Å²) in [6.07, 6.45) is 6.62. The summed E-state index contributed by atoms with van der Waals surface area (Å²) in [6.45, 7) is 6.16. The van der Waals surface area contributed by atoms with E-state index in [1.54, 1.807) is 0 Å². The smallest absolute Gasteiger partial charge is 0.0400 e. The number of aryl methyl sites for hydroxylation is 1. The molecule has 0 saturated carbocycles. The first-order chi connectivity index (χ1) is 9.33. The molecular formula is C16H25N3. The van der Waals surface area contributed by atoms with Crippen LogP contribution < -0.4 is 10.6 Å². The lowest BCUT2D eigenvalue weighted by Gasteiger charge is -2.34. The van der Waals surface area contributed by atoms with Crippen molar-refractivity contribution in [3.63, 3.8) is 0 Å². The zero-order valence-corrected chi connectivity index (χ0v) is 11.8. The Morgan fingerprint density at radius 3 is 2.63 bits per heavy atom. The molecule has 0 spiro atoms. The van der Waals surface area contributed by atoms with E-state index < -0.39 is 0 Å². The van der Waals surface area contributed by atoms with E-state index in [1.807, 2.05) is 6.07 Å². The van der Waals surface area contributed by atoms with E-state index in [0.29, 0.717) is 0 Å². The van der Waals surface area contributed by atoms with E-state index in [-0.39, 0.29) is 0 Å². The Hall–Kier alpha value is -1.22. The van der Waals surface area contributed by atoms with Gasteiger partial charge in [0.2, 0.25) is 0 Å². The average molecular weight is 259 g/mol. The maximum atomic E-state index is 5.89. The molecule has 3 heteroatoms. The number of nitrogen functional groups attached to an aromatic ring is 1. The van der Waals surface area contributed by atoms with E-state index in [4.69, 9.17) is 5.73 Å². The third-order valence-corrected chi connectivity index (χ3v) is 4.45. The van der Waals surface area contributed by atoms with Crippen molar-refractivity contribution in [3.8, 4) is 0 Å². The summed E-state index contributed by atoms with van der Waals surface area (Å²) in [7, 11) is 0. The van der Waals surface area contributed by atoms with Crippen LogP contribution in [0.3, 0.4) is 0 Å². The second-order valence-electron chi connectivity index (χ2n) is 5.88. The normalized spacial score (nSPS) is 20.3. The molecule has 104 valence electrons. The third kappa shape index (κ3) is 3.03. The van der Waals surface area contributed by atoms with Crippen molar-refractivity contribution in [1.82, 2.24) is 4.90 Å². The van der Waals surface area contributed by atoms with Gasteiger partial charge in [-0.3, -0.25) is 0 Å². The molecule has 1 aromatic carbocycles. The Kier molecular flexibility index (Phi) is 3.92. The van der Waals surface area contributed by atoms with Gasteiger partial charge in [0.25, 0.3) is 0 Å². The number of hydrogen-bond acceptors (Lipinski definition) is 3. The molecule has 0 aliphatic carbocycles. The van der Waals surface area contributed by atoms with Gasteiger partial charge in [0, 0.05) is 31.0 Å². The fourth-order valence-electron chi connectivity index (χ4n) is 3.37. The van der Waals surface area contributed by atoms with Crippen LogP contribution >= 0.6 is 0 Å². The largest absolute Gasteiger partial charge is 0.399 e. The summed E-state index contributed by atoms with van der Waals surface area (Å²) in [4.78, 5) is 5.17. The second kappa shape index (κ2) is 5.83. The molecule has 2 heterocycles. The monoisotopic (exact) mass is 259 g/mol. The first-order valence-electron chi connectivity index (χ1n) is 7.69. The SMILES string of the molecule is Nc1ccc2c(c1)CCCN2CCN1CCCCC1. The van der Waals surface area contributed by atoms with Crippen molar-refractivity contribution in [1.29, 1.82) is 0 Å². The average Bonchev–Trinajstić information content (AvgIpc) is 2.45. The highest BCUT2D eigenvalue weighted by atomic mass is 15.2. The number of rotatable bonds is 3. The van der Waals surface area contributed by atoms with Crippen molar-refractivity contribution in [3.05, 3.63) is 23.8 Å². The lowest BCUT2D eigenvalue weighted by molar-refractivity contribution is 0.233. The van der Waals surface area contributed by atoms with Crippen LogP contribution in [0, 0.1) is 0 Å². The second-order valence-corrected chi connectivity index (χ2v) is 5.88. The molecule has 0 bridgehead atoms. The number of nitrogens with two attached hydrogens (primary N) is 1. The van der Waals surface area contributed by atoms with Gasteiger partial charge in [-0.25, -0.2) is 0 Å². The Morgan fingerprint density at radius 2 is 1.79 bits per heavy atom. The minimum absolute atomic E-state index is 0.900. The lowest BCUT2D eigenvalue weighted by atomic mass is 10.0. The summed E-state index contributed by atoms with van der Waals surface area (Å²) in [5.74, 6) is 0. The molecule has 2 aliphatic heterocycles. The Labute approximate surface area is 116 Å². The molecular weight excluding hydrogens is 234 g/mol. The standard InChI is InChI=1S/C16H25N3/c17-15-6-7-16-14(13-15)5-4-10-19(16)12-11-18-8-2-1-3-9-18/h6-7,13H,1-5,8-12,17H2. The molecule has 19 heavy (non-hydrogen) atoms. The van der Waals surface area contributed by atoms with Gasteiger partial charge < -0.3 is 15.5 Å². The van der Waals surface area contributed by atoms with Crippen LogP contribution in [-0.2, 0) is 6.42 Å². The molecule has 0 amide bonds. The molecule has 0 aromatic heterocycles. The summed E-state index contributed by atoms with van der Waals surface area (Å²) in [5.41, 5.74) is 9.64. The quantitative estimate of drug-likeness (QED) is 0.847. The Bertz CT molecular complexity index is 424. The van der Waals surface area contributed by atoms with Crippen LogP contribution in [0.15, 0.2) is 18.2 Å². The van der Waals surface area contributed by atoms with Gasteiger partial charge >= 0.3 is 0 Å². The van der Waals surface area contributed by atoms with Gasteiger partial charge in [-0.05, 0) is 62.5 Å². The molecule has 0 atom stereocenters. The number of benzene rings is 1. The summed E-state index contributed by atoms with van der Waals surface area (Å²) in [6, 6.07) is 6.40. The van der Waals surface area contributed by atoms with Gasteiger partial charge in [-0.2, -0.15) is 0 Å². The molecule has 1 aromatic rings. The zero-order chi connectivity index (χ0) is 13.1. The fourth-order valence-corrected chi connectivity index (χ4v) is 3.37. The van der Waals surface area contributed by atoms with Crippen molar-refractivity contribution in [2.75, 3.05) is 43.4 Å². The predicted molar refractivity (Wildman–Crippen MR) is 81.7 cm³/mol. The molecule has 2 N–H and O–H groups in total. The van der Waals surface area contributed by atoms with Gasteiger partial charge in [0.05, 0.1) is 0 Å². The number of fused-ring (bicyclic) bond motifs is 1. The van der Waals surface area contributed by atoms with E-state index in [9.17, 15) is 0 Å². The van der Waals surface area contributed by atoms with Crippen LogP contribution in [0.5, 0.6) is 0 Å². The molecule has 3 nitrogen and oxygen atoms in total. The van der Waals surface area contributed by atoms with Crippen molar-refractivity contribution >= 4 is 11.4 Å². The van der Waals surface area contributed by atoms with Crippen molar-refractivity contribution < 1.29 is 0 Å². The maximum absolute atomic E-state index is 5.89. The molecule has 0 radical (unpaired) electrons.